The number of unbranched alkanes of at least 4 members (excludes halogenated alkanes) is 7. The highest BCUT2D eigenvalue weighted by Crippen LogP contribution is 2.22. The largest absolute Gasteiger partial charge is 0.346 e. The van der Waals surface area contributed by atoms with Crippen LogP contribution in [0, 0.1) is 0 Å². The molecule has 1 heterocycles. The number of hydrogen-bond acceptors (Lipinski definition) is 2. The van der Waals surface area contributed by atoms with Gasteiger partial charge in [0, 0.05) is 11.6 Å². The van der Waals surface area contributed by atoms with E-state index in [-0.39, 0.29) is 11.9 Å². The molecule has 32 heavy (non-hydrogen) atoms. The molecule has 1 N–H and O–H groups in total. The highest BCUT2D eigenvalue weighted by atomic mass is 35.5. The SMILES string of the molecule is CCCCCCCCCCn1c(C(C)NC(=O)Cc2ccc(Cl)cc2)nc2ccccc21. The van der Waals surface area contributed by atoms with Crippen LogP contribution < -0.4 is 5.32 Å². The van der Waals surface area contributed by atoms with Crippen LogP contribution in [-0.2, 0) is 17.8 Å². The molecule has 172 valence electrons. The van der Waals surface area contributed by atoms with Gasteiger partial charge in [-0.2, -0.15) is 0 Å². The van der Waals surface area contributed by atoms with Crippen molar-refractivity contribution in [3.05, 3.63) is 64.9 Å². The molecule has 0 fully saturated rings. The van der Waals surface area contributed by atoms with Gasteiger partial charge in [0.05, 0.1) is 23.5 Å². The number of nitrogens with zero attached hydrogens (tertiary/aromatic N) is 2. The van der Waals surface area contributed by atoms with Crippen molar-refractivity contribution >= 4 is 28.5 Å². The summed E-state index contributed by atoms with van der Waals surface area (Å²) in [5, 5.41) is 3.81. The molecular formula is C27H36ClN3O. The molecule has 1 atom stereocenters. The van der Waals surface area contributed by atoms with Crippen molar-refractivity contribution in [1.29, 1.82) is 0 Å². The molecular weight excluding hydrogens is 418 g/mol. The summed E-state index contributed by atoms with van der Waals surface area (Å²) in [6.07, 6.45) is 10.7. The molecule has 1 aromatic heterocycles. The van der Waals surface area contributed by atoms with Crippen molar-refractivity contribution in [3.8, 4) is 0 Å². The van der Waals surface area contributed by atoms with Gasteiger partial charge in [-0.1, -0.05) is 87.7 Å². The minimum absolute atomic E-state index is 0.00879. The van der Waals surface area contributed by atoms with Gasteiger partial charge < -0.3 is 9.88 Å². The molecule has 1 amide bonds. The van der Waals surface area contributed by atoms with E-state index >= 15 is 0 Å². The molecule has 0 saturated heterocycles. The maximum Gasteiger partial charge on any atom is 0.224 e. The van der Waals surface area contributed by atoms with Gasteiger partial charge in [-0.3, -0.25) is 4.79 Å². The van der Waals surface area contributed by atoms with Crippen LogP contribution in [0.3, 0.4) is 0 Å². The van der Waals surface area contributed by atoms with Gasteiger partial charge in [-0.15, -0.1) is 0 Å². The lowest BCUT2D eigenvalue weighted by molar-refractivity contribution is -0.121. The zero-order chi connectivity index (χ0) is 22.8. The summed E-state index contributed by atoms with van der Waals surface area (Å²) in [6.45, 7) is 5.21. The minimum atomic E-state index is -0.156. The summed E-state index contributed by atoms with van der Waals surface area (Å²) in [5.74, 6) is 0.920. The fraction of sp³-hybridized carbons (Fsp3) is 0.481. The number of rotatable bonds is 13. The first-order valence-corrected chi connectivity index (χ1v) is 12.4. The number of fused-ring (bicyclic) bond motifs is 1. The number of amides is 1. The normalized spacial score (nSPS) is 12.2. The molecule has 0 radical (unpaired) electrons. The Bertz CT molecular complexity index is 980. The van der Waals surface area contributed by atoms with Crippen molar-refractivity contribution in [2.24, 2.45) is 0 Å². The summed E-state index contributed by atoms with van der Waals surface area (Å²) in [6, 6.07) is 15.5. The molecule has 2 aromatic carbocycles. The number of hydrogen-bond donors (Lipinski definition) is 1. The number of carbonyl (C=O) groups is 1. The van der Waals surface area contributed by atoms with Crippen molar-refractivity contribution < 1.29 is 4.79 Å². The second kappa shape index (κ2) is 12.6. The first-order valence-electron chi connectivity index (χ1n) is 12.1. The number of benzene rings is 2. The average Bonchev–Trinajstić information content (AvgIpc) is 3.16. The Morgan fingerprint density at radius 1 is 0.969 bits per heavy atom. The third kappa shape index (κ3) is 7.09. The molecule has 0 bridgehead atoms. The Labute approximate surface area is 197 Å². The summed E-state index contributed by atoms with van der Waals surface area (Å²) in [7, 11) is 0. The quantitative estimate of drug-likeness (QED) is 0.277. The third-order valence-corrected chi connectivity index (χ3v) is 6.21. The predicted octanol–water partition coefficient (Wildman–Crippen LogP) is 7.25. The molecule has 0 aliphatic heterocycles. The fourth-order valence-corrected chi connectivity index (χ4v) is 4.33. The van der Waals surface area contributed by atoms with E-state index in [1.54, 1.807) is 0 Å². The molecule has 3 aromatic rings. The lowest BCUT2D eigenvalue weighted by Crippen LogP contribution is -2.30. The zero-order valence-electron chi connectivity index (χ0n) is 19.4. The van der Waals surface area contributed by atoms with E-state index in [9.17, 15) is 4.79 Å². The zero-order valence-corrected chi connectivity index (χ0v) is 20.2. The predicted molar refractivity (Wildman–Crippen MR) is 134 cm³/mol. The van der Waals surface area contributed by atoms with E-state index in [0.717, 1.165) is 35.4 Å². The molecule has 0 aliphatic carbocycles. The topological polar surface area (TPSA) is 46.9 Å². The van der Waals surface area contributed by atoms with E-state index in [0.29, 0.717) is 11.4 Å². The van der Waals surface area contributed by atoms with Gasteiger partial charge in [0.15, 0.2) is 0 Å². The lowest BCUT2D eigenvalue weighted by Gasteiger charge is -2.16. The Morgan fingerprint density at radius 2 is 1.62 bits per heavy atom. The second-order valence-corrected chi connectivity index (χ2v) is 9.11. The van der Waals surface area contributed by atoms with Gasteiger partial charge in [0.2, 0.25) is 5.91 Å². The third-order valence-electron chi connectivity index (χ3n) is 5.96. The standard InChI is InChI=1S/C27H36ClN3O/c1-3-4-5-6-7-8-9-12-19-31-25-14-11-10-13-24(25)30-27(31)21(2)29-26(32)20-22-15-17-23(28)18-16-22/h10-11,13-18,21H,3-9,12,19-20H2,1-2H3,(H,29,32). The summed E-state index contributed by atoms with van der Waals surface area (Å²) >= 11 is 5.95. The molecule has 4 nitrogen and oxygen atoms in total. The van der Waals surface area contributed by atoms with Gasteiger partial charge in [-0.05, 0) is 43.2 Å². The minimum Gasteiger partial charge on any atom is -0.346 e. The number of halogens is 1. The molecule has 1 unspecified atom stereocenters. The maximum absolute atomic E-state index is 12.6. The van der Waals surface area contributed by atoms with E-state index in [4.69, 9.17) is 16.6 Å². The van der Waals surface area contributed by atoms with E-state index in [2.05, 4.69) is 28.9 Å². The lowest BCUT2D eigenvalue weighted by atomic mass is 10.1. The van der Waals surface area contributed by atoms with Crippen molar-refractivity contribution in [2.75, 3.05) is 0 Å². The Hall–Kier alpha value is -2.33. The number of imidazole rings is 1. The maximum atomic E-state index is 12.6. The molecule has 3 rings (SSSR count). The Balaban J connectivity index is 1.59. The van der Waals surface area contributed by atoms with Crippen molar-refractivity contribution in [1.82, 2.24) is 14.9 Å². The number of carbonyl (C=O) groups excluding carboxylic acids is 1. The van der Waals surface area contributed by atoms with Crippen LogP contribution in [0.1, 0.15) is 82.6 Å². The van der Waals surface area contributed by atoms with Gasteiger partial charge in [0.1, 0.15) is 5.82 Å². The first kappa shape index (κ1) is 24.3. The summed E-state index contributed by atoms with van der Waals surface area (Å²) < 4.78 is 2.29. The van der Waals surface area contributed by atoms with Crippen LogP contribution in [0.2, 0.25) is 5.02 Å². The smallest absolute Gasteiger partial charge is 0.224 e. The van der Waals surface area contributed by atoms with E-state index in [1.165, 1.54) is 44.9 Å². The van der Waals surface area contributed by atoms with Crippen LogP contribution in [-0.4, -0.2) is 15.5 Å². The molecule has 0 spiro atoms. The van der Waals surface area contributed by atoms with Crippen molar-refractivity contribution in [3.63, 3.8) is 0 Å². The summed E-state index contributed by atoms with van der Waals surface area (Å²) in [5.41, 5.74) is 3.08. The van der Waals surface area contributed by atoms with Crippen LogP contribution >= 0.6 is 11.6 Å². The van der Waals surface area contributed by atoms with Crippen molar-refractivity contribution in [2.45, 2.75) is 84.2 Å². The first-order chi connectivity index (χ1) is 15.6. The van der Waals surface area contributed by atoms with Crippen LogP contribution in [0.4, 0.5) is 0 Å². The van der Waals surface area contributed by atoms with Gasteiger partial charge in [-0.25, -0.2) is 4.98 Å². The number of aryl methyl sites for hydroxylation is 1. The van der Waals surface area contributed by atoms with E-state index < -0.39 is 0 Å². The number of para-hydroxylation sites is 2. The number of nitrogens with one attached hydrogen (secondary N) is 1. The fourth-order valence-electron chi connectivity index (χ4n) is 4.21. The highest BCUT2D eigenvalue weighted by molar-refractivity contribution is 6.30. The van der Waals surface area contributed by atoms with Crippen LogP contribution in [0.5, 0.6) is 0 Å². The van der Waals surface area contributed by atoms with Crippen LogP contribution in [0.15, 0.2) is 48.5 Å². The van der Waals surface area contributed by atoms with E-state index in [1.807, 2.05) is 43.3 Å². The average molecular weight is 454 g/mol. The Morgan fingerprint density at radius 3 is 2.34 bits per heavy atom. The van der Waals surface area contributed by atoms with Crippen LogP contribution in [0.25, 0.3) is 11.0 Å². The molecule has 0 aliphatic rings. The second-order valence-electron chi connectivity index (χ2n) is 8.68. The van der Waals surface area contributed by atoms with Gasteiger partial charge in [0.25, 0.3) is 0 Å². The Kier molecular flexibility index (Phi) is 9.61. The monoisotopic (exact) mass is 453 g/mol. The highest BCUT2D eigenvalue weighted by Gasteiger charge is 2.18. The molecule has 5 heteroatoms. The number of aromatic nitrogens is 2. The van der Waals surface area contributed by atoms with Gasteiger partial charge >= 0.3 is 0 Å². The summed E-state index contributed by atoms with van der Waals surface area (Å²) in [4.78, 5) is 17.5. The molecule has 0 saturated carbocycles.